The average Bonchev–Trinajstić information content (AvgIpc) is 3.80. The normalized spacial score (nSPS) is 12.9. The number of aromatic nitrogens is 1. The van der Waals surface area contributed by atoms with E-state index in [1.54, 1.807) is 0 Å². The lowest BCUT2D eigenvalue weighted by molar-refractivity contribution is 0.768. The molecular weight excluding hydrogens is 685 g/mol. The highest BCUT2D eigenvalue weighted by Gasteiger charge is 2.46. The maximum absolute atomic E-state index is 5.29. The molecular formula is C52H34N2S. The van der Waals surface area contributed by atoms with Crippen molar-refractivity contribution < 1.29 is 0 Å². The molecule has 0 bridgehead atoms. The predicted molar refractivity (Wildman–Crippen MR) is 232 cm³/mol. The van der Waals surface area contributed by atoms with Crippen LogP contribution in [0, 0.1) is 0 Å². The van der Waals surface area contributed by atoms with Crippen molar-refractivity contribution in [3.63, 3.8) is 0 Å². The standard InChI is InChI=1S/C52H34N2S/c1-4-16-35(17-5-1)40-23-13-15-27-47(40)54(51-50-44(32-33-53-51)49-41-24-11-10-18-36(41)28-31-48(49)55-50)39-29-30-43-42-25-12-14-26-45(42)52(46(43)34-39,37-19-6-2-7-20-37)38-21-8-3-9-22-38/h1-34H. The van der Waals surface area contributed by atoms with Gasteiger partial charge in [-0.15, -0.1) is 11.3 Å². The Bertz CT molecular complexity index is 3000. The molecule has 2 nitrogen and oxygen atoms in total. The number of anilines is 3. The Hall–Kier alpha value is -6.81. The van der Waals surface area contributed by atoms with Crippen LogP contribution in [0.3, 0.4) is 0 Å². The van der Waals surface area contributed by atoms with E-state index in [9.17, 15) is 0 Å². The van der Waals surface area contributed by atoms with Crippen LogP contribution in [0.15, 0.2) is 206 Å². The Morgan fingerprint density at radius 3 is 1.89 bits per heavy atom. The minimum Gasteiger partial charge on any atom is -0.293 e. The van der Waals surface area contributed by atoms with Crippen LogP contribution < -0.4 is 4.90 Å². The third-order valence-electron chi connectivity index (χ3n) is 11.4. The lowest BCUT2D eigenvalue weighted by Gasteiger charge is -2.35. The highest BCUT2D eigenvalue weighted by Crippen LogP contribution is 2.58. The predicted octanol–water partition coefficient (Wildman–Crippen LogP) is 14.1. The van der Waals surface area contributed by atoms with Crippen molar-refractivity contribution in [3.05, 3.63) is 229 Å². The van der Waals surface area contributed by atoms with Gasteiger partial charge in [0.2, 0.25) is 0 Å². The molecule has 2 heterocycles. The van der Waals surface area contributed by atoms with Crippen LogP contribution in [0.4, 0.5) is 17.2 Å². The fraction of sp³-hybridized carbons (Fsp3) is 0.0192. The molecule has 2 aromatic heterocycles. The van der Waals surface area contributed by atoms with E-state index in [1.165, 1.54) is 59.6 Å². The van der Waals surface area contributed by atoms with Gasteiger partial charge in [-0.3, -0.25) is 4.90 Å². The molecule has 1 aliphatic rings. The topological polar surface area (TPSA) is 16.1 Å². The van der Waals surface area contributed by atoms with Gasteiger partial charge < -0.3 is 0 Å². The molecule has 258 valence electrons. The minimum atomic E-state index is -0.523. The summed E-state index contributed by atoms with van der Waals surface area (Å²) in [6.45, 7) is 0. The van der Waals surface area contributed by atoms with Crippen molar-refractivity contribution >= 4 is 59.5 Å². The molecule has 11 rings (SSSR count). The number of fused-ring (bicyclic) bond motifs is 8. The molecule has 55 heavy (non-hydrogen) atoms. The van der Waals surface area contributed by atoms with E-state index < -0.39 is 5.41 Å². The number of para-hydroxylation sites is 1. The zero-order chi connectivity index (χ0) is 36.3. The van der Waals surface area contributed by atoms with Gasteiger partial charge in [-0.1, -0.05) is 170 Å². The molecule has 0 atom stereocenters. The smallest absolute Gasteiger partial charge is 0.155 e. The Kier molecular flexibility index (Phi) is 7.29. The van der Waals surface area contributed by atoms with Gasteiger partial charge in [0, 0.05) is 32.9 Å². The second kappa shape index (κ2) is 12.7. The summed E-state index contributed by atoms with van der Waals surface area (Å²) in [4.78, 5) is 7.70. The molecule has 0 unspecified atom stereocenters. The van der Waals surface area contributed by atoms with Gasteiger partial charge in [-0.25, -0.2) is 4.98 Å². The summed E-state index contributed by atoms with van der Waals surface area (Å²) in [5.41, 5.74) is 11.5. The fourth-order valence-electron chi connectivity index (χ4n) is 9.10. The monoisotopic (exact) mass is 718 g/mol. The summed E-state index contributed by atoms with van der Waals surface area (Å²) in [5, 5.41) is 5.02. The quantitative estimate of drug-likeness (QED) is 0.170. The van der Waals surface area contributed by atoms with Gasteiger partial charge in [-0.2, -0.15) is 0 Å². The molecule has 0 radical (unpaired) electrons. The van der Waals surface area contributed by atoms with E-state index in [4.69, 9.17) is 4.98 Å². The van der Waals surface area contributed by atoms with Crippen LogP contribution in [0.1, 0.15) is 22.3 Å². The number of thiophene rings is 1. The molecule has 0 N–H and O–H groups in total. The Balaban J connectivity index is 1.24. The minimum absolute atomic E-state index is 0.523. The number of nitrogens with zero attached hydrogens (tertiary/aromatic N) is 2. The van der Waals surface area contributed by atoms with Gasteiger partial charge in [0.1, 0.15) is 0 Å². The Labute approximate surface area is 324 Å². The molecule has 0 saturated heterocycles. The van der Waals surface area contributed by atoms with Crippen molar-refractivity contribution in [1.82, 2.24) is 4.98 Å². The molecule has 0 fully saturated rings. The largest absolute Gasteiger partial charge is 0.293 e. The SMILES string of the molecule is c1ccc(-c2ccccc2N(c2ccc3c(c2)C(c2ccccc2)(c2ccccc2)c2ccccc2-3)c2nccc3c2sc2ccc4ccccc4c23)cc1. The summed E-state index contributed by atoms with van der Waals surface area (Å²) in [5.74, 6) is 0.923. The van der Waals surface area contributed by atoms with Crippen LogP contribution in [0.5, 0.6) is 0 Å². The Morgan fingerprint density at radius 1 is 0.473 bits per heavy atom. The van der Waals surface area contributed by atoms with Crippen molar-refractivity contribution in [3.8, 4) is 22.3 Å². The van der Waals surface area contributed by atoms with Crippen molar-refractivity contribution in [2.45, 2.75) is 5.41 Å². The van der Waals surface area contributed by atoms with Gasteiger partial charge in [0.25, 0.3) is 0 Å². The lowest BCUT2D eigenvalue weighted by Crippen LogP contribution is -2.28. The Morgan fingerprint density at radius 2 is 1.11 bits per heavy atom. The first kappa shape index (κ1) is 31.7. The fourth-order valence-corrected chi connectivity index (χ4v) is 10.3. The highest BCUT2D eigenvalue weighted by molar-refractivity contribution is 7.26. The lowest BCUT2D eigenvalue weighted by atomic mass is 9.67. The zero-order valence-corrected chi connectivity index (χ0v) is 30.7. The molecule has 10 aromatic rings. The van der Waals surface area contributed by atoms with E-state index in [0.717, 1.165) is 33.0 Å². The van der Waals surface area contributed by atoms with E-state index in [2.05, 4.69) is 205 Å². The third kappa shape index (κ3) is 4.77. The van der Waals surface area contributed by atoms with Crippen molar-refractivity contribution in [1.29, 1.82) is 0 Å². The summed E-state index contributed by atoms with van der Waals surface area (Å²) in [6, 6.07) is 73.0. The number of benzene rings is 8. The van der Waals surface area contributed by atoms with Crippen LogP contribution in [0.25, 0.3) is 53.2 Å². The van der Waals surface area contributed by atoms with Crippen LogP contribution in [-0.4, -0.2) is 4.98 Å². The first-order valence-corrected chi connectivity index (χ1v) is 19.6. The number of hydrogen-bond acceptors (Lipinski definition) is 3. The second-order valence-corrected chi connectivity index (χ2v) is 15.3. The average molecular weight is 719 g/mol. The van der Waals surface area contributed by atoms with Crippen molar-refractivity contribution in [2.75, 3.05) is 4.90 Å². The third-order valence-corrected chi connectivity index (χ3v) is 12.6. The van der Waals surface area contributed by atoms with Crippen LogP contribution >= 0.6 is 11.3 Å². The molecule has 0 saturated carbocycles. The van der Waals surface area contributed by atoms with E-state index in [0.29, 0.717) is 0 Å². The summed E-state index contributed by atoms with van der Waals surface area (Å²) >= 11 is 1.83. The zero-order valence-electron chi connectivity index (χ0n) is 29.9. The van der Waals surface area contributed by atoms with Crippen LogP contribution in [0.2, 0.25) is 0 Å². The molecule has 0 amide bonds. The van der Waals surface area contributed by atoms with Gasteiger partial charge in [-0.05, 0) is 80.0 Å². The summed E-state index contributed by atoms with van der Waals surface area (Å²) in [7, 11) is 0. The van der Waals surface area contributed by atoms with E-state index in [1.807, 2.05) is 17.5 Å². The highest BCUT2D eigenvalue weighted by atomic mass is 32.1. The van der Waals surface area contributed by atoms with E-state index >= 15 is 0 Å². The molecule has 0 spiro atoms. The molecule has 3 heteroatoms. The molecule has 1 aliphatic carbocycles. The van der Waals surface area contributed by atoms with E-state index in [-0.39, 0.29) is 0 Å². The summed E-state index contributed by atoms with van der Waals surface area (Å²) in [6.07, 6.45) is 1.99. The van der Waals surface area contributed by atoms with Crippen LogP contribution in [-0.2, 0) is 5.41 Å². The summed E-state index contributed by atoms with van der Waals surface area (Å²) < 4.78 is 2.42. The molecule has 8 aromatic carbocycles. The number of hydrogen-bond donors (Lipinski definition) is 0. The number of rotatable bonds is 6. The van der Waals surface area contributed by atoms with Gasteiger partial charge in [0.15, 0.2) is 5.82 Å². The van der Waals surface area contributed by atoms with Gasteiger partial charge in [0.05, 0.1) is 15.8 Å². The first-order chi connectivity index (χ1) is 27.3. The van der Waals surface area contributed by atoms with Crippen molar-refractivity contribution in [2.24, 2.45) is 0 Å². The van der Waals surface area contributed by atoms with Gasteiger partial charge >= 0.3 is 0 Å². The second-order valence-electron chi connectivity index (χ2n) is 14.2. The first-order valence-electron chi connectivity index (χ1n) is 18.8. The maximum atomic E-state index is 5.29. The molecule has 0 aliphatic heterocycles. The maximum Gasteiger partial charge on any atom is 0.155 e. The number of pyridine rings is 1.